The minimum Gasteiger partial charge on any atom is -0.480 e. The number of unbranched alkanes of at least 4 members (excludes halogenated alkanes) is 11. The van der Waals surface area contributed by atoms with Crippen LogP contribution in [0.5, 0.6) is 0 Å². The number of ether oxygens (including phenoxy) is 1. The van der Waals surface area contributed by atoms with Crippen LogP contribution < -0.4 is 5.32 Å². The van der Waals surface area contributed by atoms with E-state index in [0.717, 1.165) is 38.5 Å². The van der Waals surface area contributed by atoms with E-state index < -0.39 is 39.8 Å². The maximum Gasteiger partial charge on any atom is 0.325 e. The molecule has 1 amide bonds. The van der Waals surface area contributed by atoms with E-state index in [-0.39, 0.29) is 71.6 Å². The summed E-state index contributed by atoms with van der Waals surface area (Å²) < 4.78 is 35.8. The van der Waals surface area contributed by atoms with Gasteiger partial charge in [0.1, 0.15) is 6.10 Å². The van der Waals surface area contributed by atoms with Crippen LogP contribution in [0, 0.1) is 0 Å². The first-order valence-electron chi connectivity index (χ1n) is 12.9. The summed E-state index contributed by atoms with van der Waals surface area (Å²) in [5.74, 6) is -3.11. The van der Waals surface area contributed by atoms with Crippen molar-refractivity contribution >= 4 is 87.1 Å². The fourth-order valence-corrected chi connectivity index (χ4v) is 4.09. The summed E-state index contributed by atoms with van der Waals surface area (Å²) in [6.45, 7) is 3.75. The molecule has 206 valence electrons. The quantitative estimate of drug-likeness (QED) is 0.0586. The molecule has 2 unspecified atom stereocenters. The summed E-state index contributed by atoms with van der Waals surface area (Å²) in [5, 5.41) is 9.15. The van der Waals surface area contributed by atoms with Crippen LogP contribution in [0.15, 0.2) is 12.2 Å². The van der Waals surface area contributed by atoms with Crippen molar-refractivity contribution in [2.24, 2.45) is 0 Å². The number of hydrogen-bond donors (Lipinski definition) is 3. The van der Waals surface area contributed by atoms with Crippen LogP contribution in [0.2, 0.25) is 0 Å². The minimum absolute atomic E-state index is 0. The number of esters is 1. The van der Waals surface area contributed by atoms with Gasteiger partial charge >= 0.3 is 11.9 Å². The van der Waals surface area contributed by atoms with Gasteiger partial charge in [0, 0.05) is 65.5 Å². The largest absolute Gasteiger partial charge is 0.480 e. The van der Waals surface area contributed by atoms with Gasteiger partial charge in [0.2, 0.25) is 5.91 Å². The number of aliphatic carboxylic acids is 1. The van der Waals surface area contributed by atoms with Crippen molar-refractivity contribution in [3.63, 3.8) is 0 Å². The Bertz CT molecular complexity index is 747. The molecule has 2 atom stereocenters. The fraction of sp³-hybridized carbons (Fsp3) is 0.800. The smallest absolute Gasteiger partial charge is 0.325 e. The number of carboxylic acids is 1. The molecule has 0 aromatic rings. The van der Waals surface area contributed by atoms with E-state index in [1.54, 1.807) is 0 Å². The van der Waals surface area contributed by atoms with E-state index in [4.69, 9.17) is 14.4 Å². The Kier molecular flexibility index (Phi) is 29.5. The van der Waals surface area contributed by atoms with Crippen LogP contribution in [0.4, 0.5) is 0 Å². The van der Waals surface area contributed by atoms with Gasteiger partial charge in [-0.1, -0.05) is 70.4 Å². The zero-order valence-corrected chi connectivity index (χ0v) is 28.2. The van der Waals surface area contributed by atoms with E-state index in [1.807, 2.05) is 0 Å². The molecule has 0 saturated carbocycles. The second-order valence-electron chi connectivity index (χ2n) is 8.98. The number of rotatable bonds is 22. The van der Waals surface area contributed by atoms with Gasteiger partial charge in [0.15, 0.2) is 5.25 Å². The van der Waals surface area contributed by atoms with Gasteiger partial charge in [-0.15, -0.1) is 0 Å². The summed E-state index contributed by atoms with van der Waals surface area (Å²) in [7, 11) is -4.92. The second kappa shape index (κ2) is 26.3. The third-order valence-electron chi connectivity index (χ3n) is 5.57. The standard InChI is InChI=1S/C25H45NO8S.2Na/c1-3-4-5-6-7-8-9-10-11-12-13-14-15-16-17-18-23(27)26-20-21(2)34-24(28)19-22(25(29)30)35(31,32)33;;/h10-11,21-22H,3-9,12-20H2,1-2H3,(H,26,27)(H,29,30)(H,31,32,33);;. The van der Waals surface area contributed by atoms with Gasteiger partial charge in [-0.05, 0) is 39.0 Å². The Labute approximate surface area is 267 Å². The number of nitrogens with one attached hydrogen (secondary N) is 1. The number of hydrogen-bond acceptors (Lipinski definition) is 6. The maximum absolute atomic E-state index is 11.9. The Morgan fingerprint density at radius 1 is 0.865 bits per heavy atom. The topological polar surface area (TPSA) is 147 Å². The van der Waals surface area contributed by atoms with E-state index in [0.29, 0.717) is 6.42 Å². The molecule has 0 aromatic carbocycles. The summed E-state index contributed by atoms with van der Waals surface area (Å²) in [6.07, 6.45) is 18.5. The van der Waals surface area contributed by atoms with Gasteiger partial charge in [-0.3, -0.25) is 18.9 Å². The molecule has 0 fully saturated rings. The molecular formula is C25H45NNa2O8S. The van der Waals surface area contributed by atoms with Gasteiger partial charge < -0.3 is 15.2 Å². The Balaban J connectivity index is -0.00000578. The summed E-state index contributed by atoms with van der Waals surface area (Å²) >= 11 is 0. The summed E-state index contributed by atoms with van der Waals surface area (Å²) in [5.41, 5.74) is 0. The number of carbonyl (C=O) groups is 3. The molecule has 9 nitrogen and oxygen atoms in total. The van der Waals surface area contributed by atoms with Crippen LogP contribution in [-0.4, -0.2) is 113 Å². The fourth-order valence-electron chi connectivity index (χ4n) is 3.49. The molecule has 0 spiro atoms. The second-order valence-corrected chi connectivity index (χ2v) is 10.6. The molecule has 0 saturated heterocycles. The van der Waals surface area contributed by atoms with Crippen LogP contribution in [0.3, 0.4) is 0 Å². The van der Waals surface area contributed by atoms with Gasteiger partial charge in [0.25, 0.3) is 10.1 Å². The maximum atomic E-state index is 11.9. The first kappa shape index (κ1) is 41.5. The van der Waals surface area contributed by atoms with Crippen molar-refractivity contribution in [1.29, 1.82) is 0 Å². The molecule has 12 heteroatoms. The predicted octanol–water partition coefficient (Wildman–Crippen LogP) is 4.04. The van der Waals surface area contributed by atoms with Crippen molar-refractivity contribution in [1.82, 2.24) is 5.32 Å². The van der Waals surface area contributed by atoms with Crippen LogP contribution in [0.1, 0.15) is 110 Å². The molecule has 0 aromatic heterocycles. The van der Waals surface area contributed by atoms with Gasteiger partial charge in [0.05, 0.1) is 13.0 Å². The first-order chi connectivity index (χ1) is 16.6. The van der Waals surface area contributed by atoms with E-state index in [2.05, 4.69) is 24.4 Å². The molecular weight excluding hydrogens is 520 g/mol. The Morgan fingerprint density at radius 3 is 1.84 bits per heavy atom. The van der Waals surface area contributed by atoms with Crippen molar-refractivity contribution in [3.05, 3.63) is 12.2 Å². The van der Waals surface area contributed by atoms with Crippen molar-refractivity contribution < 1.29 is 37.2 Å². The van der Waals surface area contributed by atoms with E-state index in [9.17, 15) is 22.8 Å². The SMILES string of the molecule is CCCCCCCCC=CCCCCCCCC(=O)NCC(C)OC(=O)CC(C(=O)O)S(=O)(=O)O.[Na].[Na]. The first-order valence-corrected chi connectivity index (χ1v) is 14.4. The molecule has 37 heavy (non-hydrogen) atoms. The van der Waals surface area contributed by atoms with E-state index in [1.165, 1.54) is 51.9 Å². The summed E-state index contributed by atoms with van der Waals surface area (Å²) in [6, 6.07) is 0. The average Bonchev–Trinajstić information content (AvgIpc) is 2.77. The van der Waals surface area contributed by atoms with Gasteiger partial charge in [-0.2, -0.15) is 8.42 Å². The molecule has 0 aliphatic carbocycles. The minimum atomic E-state index is -4.92. The molecule has 0 aliphatic rings. The van der Waals surface area contributed by atoms with Crippen LogP contribution >= 0.6 is 0 Å². The number of allylic oxidation sites excluding steroid dienone is 2. The van der Waals surface area contributed by atoms with Crippen molar-refractivity contribution in [2.75, 3.05) is 6.54 Å². The molecule has 2 radical (unpaired) electrons. The Morgan fingerprint density at radius 2 is 1.35 bits per heavy atom. The van der Waals surface area contributed by atoms with Crippen LogP contribution in [0.25, 0.3) is 0 Å². The van der Waals surface area contributed by atoms with Crippen molar-refractivity contribution in [2.45, 2.75) is 122 Å². The van der Waals surface area contributed by atoms with Gasteiger partial charge in [-0.25, -0.2) is 0 Å². The number of amides is 1. The number of carbonyl (C=O) groups excluding carboxylic acids is 2. The molecule has 3 N–H and O–H groups in total. The Hall–Kier alpha value is 0.0600. The molecule has 0 bridgehead atoms. The molecule has 0 heterocycles. The third-order valence-corrected chi connectivity index (χ3v) is 6.66. The third kappa shape index (κ3) is 26.1. The van der Waals surface area contributed by atoms with Crippen LogP contribution in [-0.2, 0) is 29.2 Å². The van der Waals surface area contributed by atoms with Crippen molar-refractivity contribution in [3.8, 4) is 0 Å². The molecule has 0 rings (SSSR count). The zero-order chi connectivity index (χ0) is 26.5. The predicted molar refractivity (Wildman–Crippen MR) is 147 cm³/mol. The number of carboxylic acid groups (broad SMARTS) is 1. The average molecular weight is 566 g/mol. The van der Waals surface area contributed by atoms with E-state index >= 15 is 0 Å². The monoisotopic (exact) mass is 565 g/mol. The summed E-state index contributed by atoms with van der Waals surface area (Å²) in [4.78, 5) is 34.5. The normalized spacial score (nSPS) is 12.7. The zero-order valence-electron chi connectivity index (χ0n) is 23.4. The molecule has 0 aliphatic heterocycles.